The molecule has 0 saturated carbocycles. The predicted molar refractivity (Wildman–Crippen MR) is 91.0 cm³/mol. The van der Waals surface area contributed by atoms with Crippen molar-refractivity contribution in [3.63, 3.8) is 0 Å². The van der Waals surface area contributed by atoms with E-state index >= 15 is 0 Å². The van der Waals surface area contributed by atoms with Gasteiger partial charge in [0.25, 0.3) is 5.91 Å². The van der Waals surface area contributed by atoms with Crippen LogP contribution in [-0.4, -0.2) is 49.7 Å². The van der Waals surface area contributed by atoms with Gasteiger partial charge in [0.1, 0.15) is 0 Å². The number of halogens is 2. The number of carbonyl (C=O) groups is 1. The summed E-state index contributed by atoms with van der Waals surface area (Å²) in [5.41, 5.74) is 0.686. The van der Waals surface area contributed by atoms with Crippen LogP contribution in [0.3, 0.4) is 0 Å². The summed E-state index contributed by atoms with van der Waals surface area (Å²) in [6.45, 7) is 6.33. The van der Waals surface area contributed by atoms with Crippen LogP contribution in [0, 0.1) is 3.57 Å². The van der Waals surface area contributed by atoms with E-state index in [1.54, 1.807) is 0 Å². The highest BCUT2D eigenvalue weighted by molar-refractivity contribution is 14.1. The SMILES string of the molecule is CC(CN1CCOCC1)NC(=O)c1cc(I)ccc1Br. The fourth-order valence-corrected chi connectivity index (χ4v) is 3.11. The normalized spacial score (nSPS) is 17.8. The highest BCUT2D eigenvalue weighted by Crippen LogP contribution is 2.19. The average molecular weight is 453 g/mol. The molecule has 1 aromatic rings. The first kappa shape index (κ1) is 16.2. The van der Waals surface area contributed by atoms with Crippen molar-refractivity contribution >= 4 is 44.4 Å². The Morgan fingerprint density at radius 2 is 2.20 bits per heavy atom. The molecule has 1 aliphatic rings. The number of hydrogen-bond acceptors (Lipinski definition) is 3. The highest BCUT2D eigenvalue weighted by Gasteiger charge is 2.17. The van der Waals surface area contributed by atoms with E-state index in [0.29, 0.717) is 5.56 Å². The zero-order valence-corrected chi connectivity index (χ0v) is 15.1. The summed E-state index contributed by atoms with van der Waals surface area (Å²) < 4.78 is 7.20. The van der Waals surface area contributed by atoms with E-state index in [9.17, 15) is 4.79 Å². The number of nitrogens with one attached hydrogen (secondary N) is 1. The topological polar surface area (TPSA) is 41.6 Å². The van der Waals surface area contributed by atoms with Gasteiger partial charge in [0, 0.05) is 33.7 Å². The largest absolute Gasteiger partial charge is 0.379 e. The van der Waals surface area contributed by atoms with Crippen molar-refractivity contribution in [2.45, 2.75) is 13.0 Å². The molecule has 1 amide bonds. The quantitative estimate of drug-likeness (QED) is 0.713. The molecule has 1 heterocycles. The molecule has 1 aliphatic heterocycles. The molecule has 110 valence electrons. The molecule has 0 spiro atoms. The van der Waals surface area contributed by atoms with Crippen molar-refractivity contribution in [2.24, 2.45) is 0 Å². The molecule has 2 rings (SSSR count). The lowest BCUT2D eigenvalue weighted by atomic mass is 10.2. The molecule has 1 fully saturated rings. The summed E-state index contributed by atoms with van der Waals surface area (Å²) >= 11 is 5.64. The van der Waals surface area contributed by atoms with E-state index < -0.39 is 0 Å². The van der Waals surface area contributed by atoms with Gasteiger partial charge in [0.15, 0.2) is 0 Å². The second kappa shape index (κ2) is 7.72. The van der Waals surface area contributed by atoms with Gasteiger partial charge in [-0.05, 0) is 63.6 Å². The maximum absolute atomic E-state index is 12.3. The van der Waals surface area contributed by atoms with Crippen molar-refractivity contribution in [3.05, 3.63) is 31.8 Å². The first-order chi connectivity index (χ1) is 9.56. The molecule has 0 aliphatic carbocycles. The number of carbonyl (C=O) groups excluding carboxylic acids is 1. The highest BCUT2D eigenvalue weighted by atomic mass is 127. The van der Waals surface area contributed by atoms with Gasteiger partial charge in [-0.1, -0.05) is 0 Å². The number of amides is 1. The van der Waals surface area contributed by atoms with Crippen LogP contribution in [0.25, 0.3) is 0 Å². The molecule has 0 bridgehead atoms. The fraction of sp³-hybridized carbons (Fsp3) is 0.500. The smallest absolute Gasteiger partial charge is 0.252 e. The van der Waals surface area contributed by atoms with Gasteiger partial charge in [-0.2, -0.15) is 0 Å². The van der Waals surface area contributed by atoms with E-state index in [1.165, 1.54) is 0 Å². The standard InChI is InChI=1S/C14H18BrIN2O2/c1-10(9-18-4-6-20-7-5-18)17-14(19)12-8-11(16)2-3-13(12)15/h2-3,8,10H,4-7,9H2,1H3,(H,17,19). The minimum atomic E-state index is -0.0313. The molecular weight excluding hydrogens is 435 g/mol. The number of ether oxygens (including phenoxy) is 1. The van der Waals surface area contributed by atoms with Crippen LogP contribution < -0.4 is 5.32 Å². The molecule has 1 atom stereocenters. The van der Waals surface area contributed by atoms with Crippen LogP contribution in [-0.2, 0) is 4.74 Å². The van der Waals surface area contributed by atoms with Crippen molar-refractivity contribution in [2.75, 3.05) is 32.8 Å². The summed E-state index contributed by atoms with van der Waals surface area (Å²) in [6, 6.07) is 5.88. The molecule has 0 radical (unpaired) electrons. The number of benzene rings is 1. The maximum Gasteiger partial charge on any atom is 0.252 e. The van der Waals surface area contributed by atoms with E-state index in [2.05, 4.69) is 48.7 Å². The van der Waals surface area contributed by atoms with Crippen molar-refractivity contribution in [3.8, 4) is 0 Å². The Hall–Kier alpha value is -0.180. The first-order valence-electron chi connectivity index (χ1n) is 6.62. The third-order valence-corrected chi connectivity index (χ3v) is 4.55. The van der Waals surface area contributed by atoms with E-state index in [4.69, 9.17) is 4.74 Å². The van der Waals surface area contributed by atoms with E-state index in [1.807, 2.05) is 25.1 Å². The summed E-state index contributed by atoms with van der Waals surface area (Å²) in [7, 11) is 0. The van der Waals surface area contributed by atoms with Crippen LogP contribution in [0.15, 0.2) is 22.7 Å². The molecule has 1 saturated heterocycles. The van der Waals surface area contributed by atoms with Gasteiger partial charge >= 0.3 is 0 Å². The molecule has 20 heavy (non-hydrogen) atoms. The Bertz CT molecular complexity index is 478. The second-order valence-electron chi connectivity index (χ2n) is 4.91. The number of nitrogens with zero attached hydrogens (tertiary/aromatic N) is 1. The van der Waals surface area contributed by atoms with Gasteiger partial charge in [-0.3, -0.25) is 9.69 Å². The molecule has 4 nitrogen and oxygen atoms in total. The zero-order chi connectivity index (χ0) is 14.5. The third-order valence-electron chi connectivity index (χ3n) is 3.19. The van der Waals surface area contributed by atoms with Crippen molar-refractivity contribution in [1.29, 1.82) is 0 Å². The van der Waals surface area contributed by atoms with Crippen LogP contribution in [0.2, 0.25) is 0 Å². The second-order valence-corrected chi connectivity index (χ2v) is 7.01. The monoisotopic (exact) mass is 452 g/mol. The third kappa shape index (κ3) is 4.68. The van der Waals surface area contributed by atoms with Crippen LogP contribution in [0.4, 0.5) is 0 Å². The molecule has 1 aromatic carbocycles. The average Bonchev–Trinajstić information content (AvgIpc) is 2.42. The van der Waals surface area contributed by atoms with Gasteiger partial charge < -0.3 is 10.1 Å². The maximum atomic E-state index is 12.3. The summed E-state index contributed by atoms with van der Waals surface area (Å²) in [6.07, 6.45) is 0. The number of hydrogen-bond donors (Lipinski definition) is 1. The lowest BCUT2D eigenvalue weighted by molar-refractivity contribution is 0.0342. The minimum Gasteiger partial charge on any atom is -0.379 e. The summed E-state index contributed by atoms with van der Waals surface area (Å²) in [5.74, 6) is -0.0313. The van der Waals surface area contributed by atoms with Crippen LogP contribution in [0.1, 0.15) is 17.3 Å². The van der Waals surface area contributed by atoms with E-state index in [0.717, 1.165) is 40.9 Å². The Balaban J connectivity index is 1.91. The molecular formula is C14H18BrIN2O2. The van der Waals surface area contributed by atoms with Gasteiger partial charge in [-0.15, -0.1) is 0 Å². The molecule has 0 aromatic heterocycles. The van der Waals surface area contributed by atoms with Gasteiger partial charge in [-0.25, -0.2) is 0 Å². The lowest BCUT2D eigenvalue weighted by Gasteiger charge is -2.29. The fourth-order valence-electron chi connectivity index (χ4n) is 2.19. The Morgan fingerprint density at radius 1 is 1.50 bits per heavy atom. The van der Waals surface area contributed by atoms with Gasteiger partial charge in [0.05, 0.1) is 18.8 Å². The van der Waals surface area contributed by atoms with Crippen molar-refractivity contribution < 1.29 is 9.53 Å². The number of rotatable bonds is 4. The zero-order valence-electron chi connectivity index (χ0n) is 11.4. The lowest BCUT2D eigenvalue weighted by Crippen LogP contribution is -2.46. The molecule has 1 unspecified atom stereocenters. The van der Waals surface area contributed by atoms with Crippen LogP contribution >= 0.6 is 38.5 Å². The molecule has 1 N–H and O–H groups in total. The predicted octanol–water partition coefficient (Wildman–Crippen LogP) is 2.50. The van der Waals surface area contributed by atoms with Gasteiger partial charge in [0.2, 0.25) is 0 Å². The Kier molecular flexibility index (Phi) is 6.25. The minimum absolute atomic E-state index is 0.0313. The van der Waals surface area contributed by atoms with Crippen LogP contribution in [0.5, 0.6) is 0 Å². The first-order valence-corrected chi connectivity index (χ1v) is 8.49. The molecule has 6 heteroatoms. The summed E-state index contributed by atoms with van der Waals surface area (Å²) in [4.78, 5) is 14.6. The Labute approximate surface area is 141 Å². The summed E-state index contributed by atoms with van der Waals surface area (Å²) in [5, 5.41) is 3.06. The van der Waals surface area contributed by atoms with E-state index in [-0.39, 0.29) is 11.9 Å². The number of morpholine rings is 1. The Morgan fingerprint density at radius 3 is 2.90 bits per heavy atom. The van der Waals surface area contributed by atoms with Crippen molar-refractivity contribution in [1.82, 2.24) is 10.2 Å².